The van der Waals surface area contributed by atoms with Crippen LogP contribution >= 0.6 is 22.6 Å². The lowest BCUT2D eigenvalue weighted by atomic mass is 10.2. The lowest BCUT2D eigenvalue weighted by Crippen LogP contribution is -2.30. The minimum Gasteiger partial charge on any atom is -0.481 e. The molecule has 1 aromatic heterocycles. The molecule has 7 nitrogen and oxygen atoms in total. The van der Waals surface area contributed by atoms with Gasteiger partial charge in [-0.1, -0.05) is 0 Å². The van der Waals surface area contributed by atoms with Crippen LogP contribution in [0.25, 0.3) is 0 Å². The first-order valence-corrected chi connectivity index (χ1v) is 9.32. The van der Waals surface area contributed by atoms with Gasteiger partial charge in [-0.3, -0.25) is 14.3 Å². The topological polar surface area (TPSA) is 82.5 Å². The van der Waals surface area contributed by atoms with Crippen LogP contribution in [0, 0.1) is 17.4 Å². The summed E-state index contributed by atoms with van der Waals surface area (Å²) in [5.74, 6) is -0.0312. The Hall–Kier alpha value is -2.10. The predicted octanol–water partition coefficient (Wildman–Crippen LogP) is 3.07. The Morgan fingerprint density at radius 3 is 2.54 bits per heavy atom. The van der Waals surface area contributed by atoms with E-state index in [1.54, 1.807) is 27.7 Å². The highest BCUT2D eigenvalue weighted by molar-refractivity contribution is 14.1. The SMILES string of the molecule is CCOC(=O)Cn1nc(C)c(NC(=O)C(C)Oc2ccc(I)cc2)c1C. The molecule has 0 bridgehead atoms. The number of esters is 1. The zero-order chi connectivity index (χ0) is 19.3. The fourth-order valence-corrected chi connectivity index (χ4v) is 2.72. The molecule has 1 heterocycles. The van der Waals surface area contributed by atoms with Crippen molar-refractivity contribution in [2.75, 3.05) is 11.9 Å². The number of benzene rings is 1. The van der Waals surface area contributed by atoms with Crippen LogP contribution in [0.2, 0.25) is 0 Å². The highest BCUT2D eigenvalue weighted by atomic mass is 127. The van der Waals surface area contributed by atoms with Gasteiger partial charge in [0.05, 0.1) is 23.7 Å². The molecule has 0 aliphatic carbocycles. The average molecular weight is 471 g/mol. The zero-order valence-electron chi connectivity index (χ0n) is 15.2. The summed E-state index contributed by atoms with van der Waals surface area (Å²) >= 11 is 2.20. The molecule has 0 radical (unpaired) electrons. The molecule has 0 aliphatic heterocycles. The molecule has 0 saturated heterocycles. The number of halogens is 1. The normalized spacial score (nSPS) is 11.7. The van der Waals surface area contributed by atoms with Crippen LogP contribution in [0.4, 0.5) is 5.69 Å². The van der Waals surface area contributed by atoms with E-state index in [2.05, 4.69) is 33.0 Å². The number of carbonyl (C=O) groups excluding carboxylic acids is 2. The minimum atomic E-state index is -0.678. The second-order valence-corrected chi connectivity index (χ2v) is 6.96. The van der Waals surface area contributed by atoms with Gasteiger partial charge in [0.15, 0.2) is 6.10 Å². The number of aryl methyl sites for hydroxylation is 1. The smallest absolute Gasteiger partial charge is 0.327 e. The molecule has 2 aromatic rings. The summed E-state index contributed by atoms with van der Waals surface area (Å²) in [6, 6.07) is 7.46. The van der Waals surface area contributed by atoms with E-state index in [1.807, 2.05) is 24.3 Å². The third-order valence-electron chi connectivity index (χ3n) is 3.71. The van der Waals surface area contributed by atoms with Gasteiger partial charge in [0.2, 0.25) is 0 Å². The number of aromatic nitrogens is 2. The van der Waals surface area contributed by atoms with Crippen molar-refractivity contribution < 1.29 is 19.1 Å². The number of rotatable bonds is 7. The highest BCUT2D eigenvalue weighted by Gasteiger charge is 2.20. The van der Waals surface area contributed by atoms with Crippen LogP contribution in [0.1, 0.15) is 25.2 Å². The van der Waals surface area contributed by atoms with Gasteiger partial charge in [-0.25, -0.2) is 0 Å². The zero-order valence-corrected chi connectivity index (χ0v) is 17.4. The molecule has 0 fully saturated rings. The van der Waals surface area contributed by atoms with E-state index < -0.39 is 6.10 Å². The summed E-state index contributed by atoms with van der Waals surface area (Å²) in [6.45, 7) is 7.31. The number of hydrogen-bond donors (Lipinski definition) is 1. The standard InChI is InChI=1S/C18H22IN3O4/c1-5-25-16(23)10-22-12(3)17(11(2)21-22)20-18(24)13(4)26-15-8-6-14(19)7-9-15/h6-9,13H,5,10H2,1-4H3,(H,20,24). The van der Waals surface area contributed by atoms with Crippen LogP contribution < -0.4 is 10.1 Å². The molecule has 1 amide bonds. The van der Waals surface area contributed by atoms with Crippen molar-refractivity contribution in [3.63, 3.8) is 0 Å². The van der Waals surface area contributed by atoms with E-state index in [0.717, 1.165) is 3.57 Å². The Morgan fingerprint density at radius 1 is 1.27 bits per heavy atom. The van der Waals surface area contributed by atoms with Crippen molar-refractivity contribution in [1.29, 1.82) is 0 Å². The van der Waals surface area contributed by atoms with Gasteiger partial charge in [-0.2, -0.15) is 5.10 Å². The fourth-order valence-electron chi connectivity index (χ4n) is 2.36. The Labute approximate surface area is 166 Å². The maximum atomic E-state index is 12.5. The van der Waals surface area contributed by atoms with Gasteiger partial charge < -0.3 is 14.8 Å². The molecular weight excluding hydrogens is 449 g/mol. The Balaban J connectivity index is 2.04. The summed E-state index contributed by atoms with van der Waals surface area (Å²) in [6.07, 6.45) is -0.678. The molecule has 2 rings (SSSR count). The summed E-state index contributed by atoms with van der Waals surface area (Å²) in [5, 5.41) is 7.13. The molecule has 0 aliphatic rings. The second kappa shape index (κ2) is 9.02. The Morgan fingerprint density at radius 2 is 1.92 bits per heavy atom. The third kappa shape index (κ3) is 5.20. The molecular formula is C18H22IN3O4. The van der Waals surface area contributed by atoms with Gasteiger partial charge in [0, 0.05) is 3.57 Å². The van der Waals surface area contributed by atoms with Crippen LogP contribution in [-0.2, 0) is 20.9 Å². The van der Waals surface area contributed by atoms with Crippen molar-refractivity contribution in [3.8, 4) is 5.75 Å². The van der Waals surface area contributed by atoms with Crippen LogP contribution in [0.5, 0.6) is 5.75 Å². The van der Waals surface area contributed by atoms with E-state index in [1.165, 1.54) is 4.68 Å². The lowest BCUT2D eigenvalue weighted by Gasteiger charge is -2.15. The van der Waals surface area contributed by atoms with Gasteiger partial charge in [0.25, 0.3) is 5.91 Å². The van der Waals surface area contributed by atoms with Crippen molar-refractivity contribution in [2.45, 2.75) is 40.3 Å². The Bertz CT molecular complexity index is 786. The van der Waals surface area contributed by atoms with E-state index >= 15 is 0 Å². The number of anilines is 1. The summed E-state index contributed by atoms with van der Waals surface area (Å²) < 4.78 is 13.2. The minimum absolute atomic E-state index is 0.00505. The molecule has 1 atom stereocenters. The maximum Gasteiger partial charge on any atom is 0.327 e. The fraction of sp³-hybridized carbons (Fsp3) is 0.389. The monoisotopic (exact) mass is 471 g/mol. The van der Waals surface area contributed by atoms with Crippen LogP contribution in [0.15, 0.2) is 24.3 Å². The van der Waals surface area contributed by atoms with Gasteiger partial charge >= 0.3 is 5.97 Å². The van der Waals surface area contributed by atoms with Crippen LogP contribution in [0.3, 0.4) is 0 Å². The summed E-state index contributed by atoms with van der Waals surface area (Å²) in [7, 11) is 0. The molecule has 1 aromatic carbocycles. The quantitative estimate of drug-likeness (QED) is 0.496. The number of nitrogens with one attached hydrogen (secondary N) is 1. The molecule has 8 heteroatoms. The first-order chi connectivity index (χ1) is 12.3. The average Bonchev–Trinajstić information content (AvgIpc) is 2.84. The number of carbonyl (C=O) groups is 2. The van der Waals surface area contributed by atoms with E-state index in [9.17, 15) is 9.59 Å². The largest absolute Gasteiger partial charge is 0.481 e. The number of nitrogens with zero attached hydrogens (tertiary/aromatic N) is 2. The number of amides is 1. The third-order valence-corrected chi connectivity index (χ3v) is 4.43. The van der Waals surface area contributed by atoms with Crippen molar-refractivity contribution in [2.24, 2.45) is 0 Å². The van der Waals surface area contributed by atoms with Crippen molar-refractivity contribution >= 4 is 40.2 Å². The molecule has 0 saturated carbocycles. The second-order valence-electron chi connectivity index (χ2n) is 5.71. The van der Waals surface area contributed by atoms with E-state index in [4.69, 9.17) is 9.47 Å². The molecule has 1 unspecified atom stereocenters. The number of hydrogen-bond acceptors (Lipinski definition) is 5. The summed E-state index contributed by atoms with van der Waals surface area (Å²) in [4.78, 5) is 24.1. The Kier molecular flexibility index (Phi) is 7.01. The van der Waals surface area contributed by atoms with Gasteiger partial charge in [-0.15, -0.1) is 0 Å². The van der Waals surface area contributed by atoms with E-state index in [-0.39, 0.29) is 18.4 Å². The molecule has 140 valence electrons. The lowest BCUT2D eigenvalue weighted by molar-refractivity contribution is -0.144. The van der Waals surface area contributed by atoms with Gasteiger partial charge in [0.1, 0.15) is 12.3 Å². The van der Waals surface area contributed by atoms with Crippen molar-refractivity contribution in [1.82, 2.24) is 9.78 Å². The summed E-state index contributed by atoms with van der Waals surface area (Å²) in [5.41, 5.74) is 1.89. The van der Waals surface area contributed by atoms with Gasteiger partial charge in [-0.05, 0) is 74.6 Å². The van der Waals surface area contributed by atoms with Crippen LogP contribution in [-0.4, -0.2) is 34.4 Å². The highest BCUT2D eigenvalue weighted by Crippen LogP contribution is 2.21. The number of ether oxygens (including phenoxy) is 2. The first kappa shape index (κ1) is 20.2. The molecule has 26 heavy (non-hydrogen) atoms. The van der Waals surface area contributed by atoms with E-state index in [0.29, 0.717) is 29.4 Å². The van der Waals surface area contributed by atoms with Crippen molar-refractivity contribution in [3.05, 3.63) is 39.2 Å². The molecule has 1 N–H and O–H groups in total. The first-order valence-electron chi connectivity index (χ1n) is 8.24. The predicted molar refractivity (Wildman–Crippen MR) is 106 cm³/mol. The maximum absolute atomic E-state index is 12.5. The molecule has 0 spiro atoms.